The number of nitrogens with one attached hydrogen (secondary N) is 1. The number of benzene rings is 1. The second-order valence-corrected chi connectivity index (χ2v) is 3.90. The fourth-order valence-electron chi connectivity index (χ4n) is 2.36. The lowest BCUT2D eigenvalue weighted by Crippen LogP contribution is -2.36. The van der Waals surface area contributed by atoms with E-state index in [1.807, 2.05) is 0 Å². The van der Waals surface area contributed by atoms with Gasteiger partial charge in [0, 0.05) is 13.0 Å². The van der Waals surface area contributed by atoms with Crippen LogP contribution in [0.3, 0.4) is 0 Å². The Morgan fingerprint density at radius 2 is 2.27 bits per heavy atom. The van der Waals surface area contributed by atoms with Crippen LogP contribution < -0.4 is 11.3 Å². The van der Waals surface area contributed by atoms with Crippen molar-refractivity contribution in [2.75, 3.05) is 7.05 Å². The van der Waals surface area contributed by atoms with E-state index in [1.165, 1.54) is 24.0 Å². The molecule has 3 heteroatoms. The average Bonchev–Trinajstić information content (AvgIpc) is 2.31. The van der Waals surface area contributed by atoms with Crippen LogP contribution in [0, 0.1) is 0 Å². The lowest BCUT2D eigenvalue weighted by atomic mass is 9.82. The van der Waals surface area contributed by atoms with Gasteiger partial charge in [0.25, 0.3) is 0 Å². The first-order valence-electron chi connectivity index (χ1n) is 5.38. The van der Waals surface area contributed by atoms with Crippen LogP contribution in [-0.4, -0.2) is 12.9 Å². The van der Waals surface area contributed by atoms with Crippen LogP contribution in [0.4, 0.5) is 0 Å². The van der Waals surface area contributed by atoms with Gasteiger partial charge in [0.15, 0.2) is 0 Å². The molecule has 0 aromatic heterocycles. The Hall–Kier alpha value is -1.35. The molecule has 1 aromatic carbocycles. The number of hydrazine groups is 1. The quantitative estimate of drug-likeness (QED) is 0.315. The van der Waals surface area contributed by atoms with Gasteiger partial charge in [-0.05, 0) is 30.4 Å². The summed E-state index contributed by atoms with van der Waals surface area (Å²) in [6.07, 6.45) is 3.52. The standard InChI is InChI=1S/C12H17N3/c1-14-12(15-13)11-8-4-6-9-5-2-3-7-10(9)11/h2-3,5,7,11H,4,6,8,13H2,1H3,(H,14,15). The zero-order chi connectivity index (χ0) is 10.7. The summed E-state index contributed by atoms with van der Waals surface area (Å²) in [7, 11) is 1.78. The molecule has 3 N–H and O–H groups in total. The van der Waals surface area contributed by atoms with Gasteiger partial charge < -0.3 is 5.43 Å². The van der Waals surface area contributed by atoms with Gasteiger partial charge in [0.1, 0.15) is 5.84 Å². The second kappa shape index (κ2) is 4.45. The van der Waals surface area contributed by atoms with E-state index in [2.05, 4.69) is 34.7 Å². The first-order valence-corrected chi connectivity index (χ1v) is 5.38. The molecule has 1 aliphatic carbocycles. The Bertz CT molecular complexity index is 371. The van der Waals surface area contributed by atoms with E-state index in [0.29, 0.717) is 5.92 Å². The predicted octanol–water partition coefficient (Wildman–Crippen LogP) is 1.60. The van der Waals surface area contributed by atoms with Crippen LogP contribution in [0.5, 0.6) is 0 Å². The SMILES string of the molecule is CN=C(NN)C1CCCc2ccccc21. The lowest BCUT2D eigenvalue weighted by molar-refractivity contribution is 0.636. The Kier molecular flexibility index (Phi) is 3.02. The summed E-state index contributed by atoms with van der Waals surface area (Å²) in [5.41, 5.74) is 5.52. The molecule has 0 saturated carbocycles. The lowest BCUT2D eigenvalue weighted by Gasteiger charge is -2.26. The zero-order valence-electron chi connectivity index (χ0n) is 9.03. The Balaban J connectivity index is 2.37. The van der Waals surface area contributed by atoms with Gasteiger partial charge in [-0.1, -0.05) is 24.3 Å². The van der Waals surface area contributed by atoms with Crippen molar-refractivity contribution in [3.63, 3.8) is 0 Å². The van der Waals surface area contributed by atoms with E-state index >= 15 is 0 Å². The fraction of sp³-hybridized carbons (Fsp3) is 0.417. The fourth-order valence-corrected chi connectivity index (χ4v) is 2.36. The first kappa shape index (κ1) is 10.2. The predicted molar refractivity (Wildman–Crippen MR) is 62.8 cm³/mol. The summed E-state index contributed by atoms with van der Waals surface area (Å²) in [5, 5.41) is 0. The third-order valence-electron chi connectivity index (χ3n) is 3.09. The summed E-state index contributed by atoms with van der Waals surface area (Å²) in [5.74, 6) is 6.73. The summed E-state index contributed by atoms with van der Waals surface area (Å²) in [6.45, 7) is 0. The molecular formula is C12H17N3. The van der Waals surface area contributed by atoms with Crippen molar-refractivity contribution in [1.29, 1.82) is 0 Å². The van der Waals surface area contributed by atoms with E-state index in [-0.39, 0.29) is 0 Å². The molecule has 1 atom stereocenters. The number of hydrogen-bond donors (Lipinski definition) is 2. The van der Waals surface area contributed by atoms with Crippen molar-refractivity contribution < 1.29 is 0 Å². The number of amidine groups is 1. The van der Waals surface area contributed by atoms with E-state index in [4.69, 9.17) is 5.84 Å². The number of aryl methyl sites for hydroxylation is 1. The molecule has 3 nitrogen and oxygen atoms in total. The molecule has 0 amide bonds. The van der Waals surface area contributed by atoms with Gasteiger partial charge in [-0.25, -0.2) is 5.84 Å². The van der Waals surface area contributed by atoms with Crippen LogP contribution in [0.25, 0.3) is 0 Å². The number of nitrogens with zero attached hydrogens (tertiary/aromatic N) is 1. The van der Waals surface area contributed by atoms with Crippen LogP contribution in [0.1, 0.15) is 29.9 Å². The minimum atomic E-state index is 0.352. The van der Waals surface area contributed by atoms with Crippen LogP contribution >= 0.6 is 0 Å². The number of aliphatic imine (C=N–C) groups is 1. The molecular weight excluding hydrogens is 186 g/mol. The first-order chi connectivity index (χ1) is 7.36. The van der Waals surface area contributed by atoms with Gasteiger partial charge >= 0.3 is 0 Å². The van der Waals surface area contributed by atoms with Crippen molar-refractivity contribution in [3.8, 4) is 0 Å². The molecule has 0 aliphatic heterocycles. The zero-order valence-corrected chi connectivity index (χ0v) is 9.03. The van der Waals surface area contributed by atoms with E-state index in [9.17, 15) is 0 Å². The van der Waals surface area contributed by atoms with Crippen molar-refractivity contribution in [1.82, 2.24) is 5.43 Å². The van der Waals surface area contributed by atoms with Gasteiger partial charge in [0.2, 0.25) is 0 Å². The minimum absolute atomic E-state index is 0.352. The molecule has 15 heavy (non-hydrogen) atoms. The van der Waals surface area contributed by atoms with Crippen molar-refractivity contribution >= 4 is 5.84 Å². The smallest absolute Gasteiger partial charge is 0.118 e. The van der Waals surface area contributed by atoms with E-state index in [1.54, 1.807) is 7.05 Å². The third kappa shape index (κ3) is 1.88. The molecule has 2 rings (SSSR count). The highest BCUT2D eigenvalue weighted by Crippen LogP contribution is 2.31. The molecule has 1 aromatic rings. The largest absolute Gasteiger partial charge is 0.312 e. The van der Waals surface area contributed by atoms with Gasteiger partial charge in [0.05, 0.1) is 0 Å². The second-order valence-electron chi connectivity index (χ2n) is 3.90. The van der Waals surface area contributed by atoms with Crippen LogP contribution in [-0.2, 0) is 6.42 Å². The topological polar surface area (TPSA) is 50.4 Å². The number of nitrogens with two attached hydrogens (primary N) is 1. The Morgan fingerprint density at radius 3 is 3.00 bits per heavy atom. The summed E-state index contributed by atoms with van der Waals surface area (Å²) in [4.78, 5) is 4.21. The summed E-state index contributed by atoms with van der Waals surface area (Å²) in [6, 6.07) is 8.56. The molecule has 0 bridgehead atoms. The third-order valence-corrected chi connectivity index (χ3v) is 3.09. The maximum Gasteiger partial charge on any atom is 0.118 e. The summed E-state index contributed by atoms with van der Waals surface area (Å²) < 4.78 is 0. The number of fused-ring (bicyclic) bond motifs is 1. The minimum Gasteiger partial charge on any atom is -0.312 e. The van der Waals surface area contributed by atoms with Gasteiger partial charge in [-0.3, -0.25) is 4.99 Å². The van der Waals surface area contributed by atoms with Gasteiger partial charge in [-0.15, -0.1) is 0 Å². The average molecular weight is 203 g/mol. The van der Waals surface area contributed by atoms with Crippen molar-refractivity contribution in [2.24, 2.45) is 10.8 Å². The van der Waals surface area contributed by atoms with Crippen LogP contribution in [0.2, 0.25) is 0 Å². The monoisotopic (exact) mass is 203 g/mol. The molecule has 0 spiro atoms. The molecule has 1 aliphatic rings. The Labute approximate surface area is 90.4 Å². The normalized spacial score (nSPS) is 20.9. The molecule has 0 radical (unpaired) electrons. The number of rotatable bonds is 1. The van der Waals surface area contributed by atoms with Crippen molar-refractivity contribution in [2.45, 2.75) is 25.2 Å². The molecule has 1 unspecified atom stereocenters. The van der Waals surface area contributed by atoms with E-state index in [0.717, 1.165) is 12.3 Å². The molecule has 0 fully saturated rings. The Morgan fingerprint density at radius 1 is 1.47 bits per heavy atom. The maximum atomic E-state index is 5.49. The van der Waals surface area contributed by atoms with Crippen molar-refractivity contribution in [3.05, 3.63) is 35.4 Å². The van der Waals surface area contributed by atoms with E-state index < -0.39 is 0 Å². The maximum absolute atomic E-state index is 5.49. The molecule has 80 valence electrons. The summed E-state index contributed by atoms with van der Waals surface area (Å²) >= 11 is 0. The highest BCUT2D eigenvalue weighted by Gasteiger charge is 2.23. The highest BCUT2D eigenvalue weighted by atomic mass is 15.2. The van der Waals surface area contributed by atoms with Crippen LogP contribution in [0.15, 0.2) is 29.3 Å². The number of hydrogen-bond acceptors (Lipinski definition) is 2. The highest BCUT2D eigenvalue weighted by molar-refractivity contribution is 5.89. The molecule has 0 saturated heterocycles. The van der Waals surface area contributed by atoms with Gasteiger partial charge in [-0.2, -0.15) is 0 Å². The molecule has 0 heterocycles.